The zero-order valence-corrected chi connectivity index (χ0v) is 15.5. The van der Waals surface area contributed by atoms with Crippen LogP contribution in [0.4, 0.5) is 0 Å². The van der Waals surface area contributed by atoms with Crippen molar-refractivity contribution in [3.05, 3.63) is 46.0 Å². The number of hydrogen-bond acceptors (Lipinski definition) is 5. The second kappa shape index (κ2) is 8.72. The molecule has 5 nitrogen and oxygen atoms in total. The molecule has 1 aliphatic heterocycles. The molecule has 1 aliphatic rings. The summed E-state index contributed by atoms with van der Waals surface area (Å²) in [4.78, 5) is 23.6. The van der Waals surface area contributed by atoms with Gasteiger partial charge >= 0.3 is 5.97 Å². The second-order valence-corrected chi connectivity index (χ2v) is 7.06. The maximum atomic E-state index is 12.1. The fraction of sp³-hybridized carbons (Fsp3) is 0.421. The standard InChI is InChI=1S/C19H22N2O3S/c1-4-24-18(23)11-25-19-16(10-20)15(9-17(22)21-19)14-7-5-13(6-8-14)12(2)3/h5-8,12,15H,4,9,11H2,1-3H3,(H,21,22). The first-order valence-electron chi connectivity index (χ1n) is 8.28. The Bertz CT molecular complexity index is 717. The number of carbonyl (C=O) groups excluding carboxylic acids is 2. The summed E-state index contributed by atoms with van der Waals surface area (Å²) in [6.07, 6.45) is 0.230. The van der Waals surface area contributed by atoms with E-state index in [2.05, 4.69) is 25.2 Å². The zero-order valence-electron chi connectivity index (χ0n) is 14.7. The van der Waals surface area contributed by atoms with E-state index in [9.17, 15) is 14.9 Å². The van der Waals surface area contributed by atoms with Crippen LogP contribution in [0.1, 0.15) is 50.2 Å². The van der Waals surface area contributed by atoms with Crippen LogP contribution >= 0.6 is 11.8 Å². The van der Waals surface area contributed by atoms with E-state index in [0.717, 1.165) is 17.3 Å². The molecule has 25 heavy (non-hydrogen) atoms. The smallest absolute Gasteiger partial charge is 0.316 e. The van der Waals surface area contributed by atoms with Gasteiger partial charge in [-0.1, -0.05) is 49.9 Å². The van der Waals surface area contributed by atoms with E-state index < -0.39 is 0 Å². The largest absolute Gasteiger partial charge is 0.465 e. The number of thioether (sulfide) groups is 1. The van der Waals surface area contributed by atoms with Crippen LogP contribution in [0.2, 0.25) is 0 Å². The van der Waals surface area contributed by atoms with Crippen LogP contribution < -0.4 is 5.32 Å². The summed E-state index contributed by atoms with van der Waals surface area (Å²) in [5.41, 5.74) is 2.64. The third-order valence-corrected chi connectivity index (χ3v) is 4.99. The summed E-state index contributed by atoms with van der Waals surface area (Å²) in [6.45, 7) is 6.28. The van der Waals surface area contributed by atoms with E-state index >= 15 is 0 Å². The molecule has 1 unspecified atom stereocenters. The Morgan fingerprint density at radius 3 is 2.64 bits per heavy atom. The van der Waals surface area contributed by atoms with Crippen molar-refractivity contribution in [1.29, 1.82) is 5.26 Å². The number of amides is 1. The van der Waals surface area contributed by atoms with Gasteiger partial charge in [0.25, 0.3) is 0 Å². The van der Waals surface area contributed by atoms with Gasteiger partial charge in [-0.25, -0.2) is 0 Å². The fourth-order valence-corrected chi connectivity index (χ4v) is 3.54. The van der Waals surface area contributed by atoms with Crippen molar-refractivity contribution >= 4 is 23.6 Å². The molecular weight excluding hydrogens is 336 g/mol. The third kappa shape index (κ3) is 4.86. The van der Waals surface area contributed by atoms with Crippen molar-refractivity contribution in [1.82, 2.24) is 5.32 Å². The average molecular weight is 358 g/mol. The molecule has 1 aromatic rings. The highest BCUT2D eigenvalue weighted by molar-refractivity contribution is 8.03. The Kier molecular flexibility index (Phi) is 6.65. The minimum absolute atomic E-state index is 0.0631. The van der Waals surface area contributed by atoms with E-state index in [0.29, 0.717) is 23.1 Å². The SMILES string of the molecule is CCOC(=O)CSC1=C(C#N)C(c2ccc(C(C)C)cc2)CC(=O)N1. The Labute approximate surface area is 152 Å². The Hall–Kier alpha value is -2.26. The second-order valence-electron chi connectivity index (χ2n) is 6.07. The Morgan fingerprint density at radius 2 is 2.08 bits per heavy atom. The summed E-state index contributed by atoms with van der Waals surface area (Å²) in [6, 6.07) is 10.2. The van der Waals surface area contributed by atoms with Crippen molar-refractivity contribution < 1.29 is 14.3 Å². The lowest BCUT2D eigenvalue weighted by Gasteiger charge is -2.25. The number of benzene rings is 1. The number of esters is 1. The molecule has 0 saturated carbocycles. The molecule has 0 bridgehead atoms. The van der Waals surface area contributed by atoms with Crippen LogP contribution in [0.15, 0.2) is 34.9 Å². The van der Waals surface area contributed by atoms with Crippen molar-refractivity contribution in [2.75, 3.05) is 12.4 Å². The van der Waals surface area contributed by atoms with Crippen molar-refractivity contribution in [2.45, 2.75) is 39.0 Å². The average Bonchev–Trinajstić information content (AvgIpc) is 2.59. The highest BCUT2D eigenvalue weighted by atomic mass is 32.2. The summed E-state index contributed by atoms with van der Waals surface area (Å²) in [7, 11) is 0. The van der Waals surface area contributed by atoms with E-state index in [1.165, 1.54) is 5.56 Å². The molecule has 1 aromatic carbocycles. The van der Waals surface area contributed by atoms with E-state index in [1.54, 1.807) is 6.92 Å². The first kappa shape index (κ1) is 19.1. The maximum Gasteiger partial charge on any atom is 0.316 e. The molecule has 1 amide bonds. The van der Waals surface area contributed by atoms with Gasteiger partial charge in [-0.15, -0.1) is 0 Å². The van der Waals surface area contributed by atoms with E-state index in [-0.39, 0.29) is 30.0 Å². The van der Waals surface area contributed by atoms with Crippen LogP contribution in [-0.2, 0) is 14.3 Å². The van der Waals surface area contributed by atoms with Crippen molar-refractivity contribution in [2.24, 2.45) is 0 Å². The summed E-state index contributed by atoms with van der Waals surface area (Å²) < 4.78 is 4.90. The normalized spacial score (nSPS) is 17.2. The van der Waals surface area contributed by atoms with Crippen molar-refractivity contribution in [3.8, 4) is 6.07 Å². The zero-order chi connectivity index (χ0) is 18.4. The van der Waals surface area contributed by atoms with Gasteiger partial charge < -0.3 is 10.1 Å². The lowest BCUT2D eigenvalue weighted by molar-refractivity contribution is -0.139. The molecule has 0 radical (unpaired) electrons. The number of ether oxygens (including phenoxy) is 1. The number of nitriles is 1. The number of hydrogen-bond donors (Lipinski definition) is 1. The minimum Gasteiger partial charge on any atom is -0.465 e. The number of nitrogens with zero attached hydrogens (tertiary/aromatic N) is 1. The van der Waals surface area contributed by atoms with Crippen LogP contribution in [0.3, 0.4) is 0 Å². The number of rotatable bonds is 6. The fourth-order valence-electron chi connectivity index (χ4n) is 2.66. The van der Waals surface area contributed by atoms with Gasteiger partial charge in [-0.2, -0.15) is 5.26 Å². The van der Waals surface area contributed by atoms with Gasteiger partial charge in [0, 0.05) is 12.3 Å². The predicted molar refractivity (Wildman–Crippen MR) is 97.8 cm³/mol. The third-order valence-electron chi connectivity index (χ3n) is 4.00. The quantitative estimate of drug-likeness (QED) is 0.788. The van der Waals surface area contributed by atoms with Crippen LogP contribution in [0, 0.1) is 11.3 Å². The predicted octanol–water partition coefficient (Wildman–Crippen LogP) is 3.44. The monoisotopic (exact) mass is 358 g/mol. The van der Waals surface area contributed by atoms with E-state index in [1.807, 2.05) is 24.3 Å². The highest BCUT2D eigenvalue weighted by Crippen LogP contribution is 2.36. The molecule has 0 saturated heterocycles. The first-order chi connectivity index (χ1) is 12.0. The highest BCUT2D eigenvalue weighted by Gasteiger charge is 2.30. The van der Waals surface area contributed by atoms with Gasteiger partial charge in [0.05, 0.1) is 29.0 Å². The van der Waals surface area contributed by atoms with Crippen LogP contribution in [0.5, 0.6) is 0 Å². The Balaban J connectivity index is 2.26. The molecule has 0 aliphatic carbocycles. The van der Waals surface area contributed by atoms with Gasteiger partial charge in [0.1, 0.15) is 0 Å². The van der Waals surface area contributed by atoms with Crippen molar-refractivity contribution in [3.63, 3.8) is 0 Å². The first-order valence-corrected chi connectivity index (χ1v) is 9.27. The van der Waals surface area contributed by atoms with Gasteiger partial charge in [0.2, 0.25) is 5.91 Å². The van der Waals surface area contributed by atoms with Gasteiger partial charge in [-0.3, -0.25) is 9.59 Å². The number of nitrogens with one attached hydrogen (secondary N) is 1. The molecule has 1 heterocycles. The topological polar surface area (TPSA) is 79.2 Å². The van der Waals surface area contributed by atoms with E-state index in [4.69, 9.17) is 4.74 Å². The molecule has 2 rings (SSSR count). The maximum absolute atomic E-state index is 12.1. The molecule has 132 valence electrons. The minimum atomic E-state index is -0.366. The molecular formula is C19H22N2O3S. The van der Waals surface area contributed by atoms with Gasteiger partial charge in [-0.05, 0) is 24.0 Å². The molecule has 0 fully saturated rings. The lowest BCUT2D eigenvalue weighted by atomic mass is 9.86. The van der Waals surface area contributed by atoms with Gasteiger partial charge in [0.15, 0.2) is 0 Å². The van der Waals surface area contributed by atoms with Crippen LogP contribution in [-0.4, -0.2) is 24.2 Å². The number of carbonyl (C=O) groups is 2. The molecule has 0 aromatic heterocycles. The Morgan fingerprint density at radius 1 is 1.40 bits per heavy atom. The lowest BCUT2D eigenvalue weighted by Crippen LogP contribution is -2.31. The number of allylic oxidation sites excluding steroid dienone is 1. The molecule has 1 N–H and O–H groups in total. The summed E-state index contributed by atoms with van der Waals surface area (Å²) in [5.74, 6) is -0.318. The van der Waals surface area contributed by atoms with Crippen LogP contribution in [0.25, 0.3) is 0 Å². The molecule has 1 atom stereocenters. The molecule has 6 heteroatoms. The molecule has 0 spiro atoms. The summed E-state index contributed by atoms with van der Waals surface area (Å²) in [5, 5.41) is 12.8. The summed E-state index contributed by atoms with van der Waals surface area (Å²) >= 11 is 1.14.